The van der Waals surface area contributed by atoms with E-state index < -0.39 is 6.10 Å². The van der Waals surface area contributed by atoms with Gasteiger partial charge < -0.3 is 10.8 Å². The fraction of sp³-hybridized carbons (Fsp3) is 0.700. The maximum Gasteiger partial charge on any atom is 0.124 e. The first kappa shape index (κ1) is 11.0. The lowest BCUT2D eigenvalue weighted by atomic mass is 9.94. The van der Waals surface area contributed by atoms with Crippen molar-refractivity contribution in [3.8, 4) is 0 Å². The third kappa shape index (κ3) is 2.48. The van der Waals surface area contributed by atoms with Crippen molar-refractivity contribution >= 4 is 5.82 Å². The fourth-order valence-electron chi connectivity index (χ4n) is 1.64. The number of H-pyrrole nitrogens is 1. The van der Waals surface area contributed by atoms with Crippen LogP contribution < -0.4 is 5.73 Å². The standard InChI is InChI=1S/C10H19N3O/c1-3-7(4-2)5-9(14)8-6-12-13-10(8)11/h6-7,9,14H,3-5H2,1-2H3,(H3,11,12,13). The molecule has 0 aromatic carbocycles. The van der Waals surface area contributed by atoms with Crippen molar-refractivity contribution in [1.29, 1.82) is 0 Å². The van der Waals surface area contributed by atoms with Crippen LogP contribution in [0.25, 0.3) is 0 Å². The maximum atomic E-state index is 9.88. The molecule has 1 unspecified atom stereocenters. The van der Waals surface area contributed by atoms with Gasteiger partial charge in [-0.15, -0.1) is 0 Å². The summed E-state index contributed by atoms with van der Waals surface area (Å²) in [5.41, 5.74) is 6.34. The molecule has 1 heterocycles. The van der Waals surface area contributed by atoms with Gasteiger partial charge in [0.1, 0.15) is 5.82 Å². The van der Waals surface area contributed by atoms with E-state index in [1.165, 1.54) is 0 Å². The molecule has 1 atom stereocenters. The van der Waals surface area contributed by atoms with E-state index in [0.717, 1.165) is 24.8 Å². The molecule has 80 valence electrons. The second kappa shape index (κ2) is 5.00. The van der Waals surface area contributed by atoms with Crippen LogP contribution in [0.4, 0.5) is 5.82 Å². The smallest absolute Gasteiger partial charge is 0.124 e. The zero-order chi connectivity index (χ0) is 10.6. The van der Waals surface area contributed by atoms with Crippen molar-refractivity contribution in [3.05, 3.63) is 11.8 Å². The molecule has 0 fully saturated rings. The number of rotatable bonds is 5. The Kier molecular flexibility index (Phi) is 3.95. The van der Waals surface area contributed by atoms with Gasteiger partial charge in [0, 0.05) is 5.56 Å². The summed E-state index contributed by atoms with van der Waals surface area (Å²) >= 11 is 0. The first-order valence-corrected chi connectivity index (χ1v) is 5.15. The Morgan fingerprint density at radius 3 is 2.57 bits per heavy atom. The van der Waals surface area contributed by atoms with E-state index in [4.69, 9.17) is 5.73 Å². The molecule has 4 heteroatoms. The fourth-order valence-corrected chi connectivity index (χ4v) is 1.64. The number of nitrogens with zero attached hydrogens (tertiary/aromatic N) is 1. The molecule has 4 N–H and O–H groups in total. The predicted octanol–water partition coefficient (Wildman–Crippen LogP) is 1.85. The van der Waals surface area contributed by atoms with Gasteiger partial charge in [-0.1, -0.05) is 26.7 Å². The molecule has 1 aromatic heterocycles. The van der Waals surface area contributed by atoms with Gasteiger partial charge in [-0.2, -0.15) is 5.10 Å². The Balaban J connectivity index is 2.58. The first-order chi connectivity index (χ1) is 6.69. The minimum Gasteiger partial charge on any atom is -0.388 e. The summed E-state index contributed by atoms with van der Waals surface area (Å²) in [7, 11) is 0. The summed E-state index contributed by atoms with van der Waals surface area (Å²) < 4.78 is 0. The number of nitrogens with two attached hydrogens (primary N) is 1. The SMILES string of the molecule is CCC(CC)CC(O)c1cn[nH]c1N. The van der Waals surface area contributed by atoms with Gasteiger partial charge in [-0.25, -0.2) is 0 Å². The number of nitrogen functional groups attached to an aromatic ring is 1. The summed E-state index contributed by atoms with van der Waals surface area (Å²) in [6.07, 6.45) is 4.05. The molecule has 0 aliphatic rings. The van der Waals surface area contributed by atoms with E-state index in [-0.39, 0.29) is 0 Å². The molecule has 1 aromatic rings. The molecular formula is C10H19N3O. The van der Waals surface area contributed by atoms with Gasteiger partial charge in [0.2, 0.25) is 0 Å². The number of aromatic amines is 1. The van der Waals surface area contributed by atoms with Crippen molar-refractivity contribution in [2.75, 3.05) is 5.73 Å². The Bertz CT molecular complexity index is 268. The summed E-state index contributed by atoms with van der Waals surface area (Å²) in [5, 5.41) is 16.3. The normalized spacial score (nSPS) is 13.4. The predicted molar refractivity (Wildman–Crippen MR) is 56.6 cm³/mol. The molecule has 0 aliphatic heterocycles. The van der Waals surface area contributed by atoms with Crippen LogP contribution in [0.5, 0.6) is 0 Å². The van der Waals surface area contributed by atoms with E-state index >= 15 is 0 Å². The van der Waals surface area contributed by atoms with Crippen molar-refractivity contribution in [1.82, 2.24) is 10.2 Å². The van der Waals surface area contributed by atoms with Gasteiger partial charge >= 0.3 is 0 Å². The largest absolute Gasteiger partial charge is 0.388 e. The van der Waals surface area contributed by atoms with E-state index in [1.54, 1.807) is 6.20 Å². The van der Waals surface area contributed by atoms with Gasteiger partial charge in [0.15, 0.2) is 0 Å². The Morgan fingerprint density at radius 2 is 2.14 bits per heavy atom. The Hall–Kier alpha value is -1.03. The molecule has 0 saturated heterocycles. The van der Waals surface area contributed by atoms with Gasteiger partial charge in [0.25, 0.3) is 0 Å². The van der Waals surface area contributed by atoms with Crippen LogP contribution >= 0.6 is 0 Å². The molecule has 4 nitrogen and oxygen atoms in total. The zero-order valence-corrected chi connectivity index (χ0v) is 8.83. The molecular weight excluding hydrogens is 178 g/mol. The van der Waals surface area contributed by atoms with Crippen molar-refractivity contribution in [3.63, 3.8) is 0 Å². The zero-order valence-electron chi connectivity index (χ0n) is 8.83. The van der Waals surface area contributed by atoms with Gasteiger partial charge in [-0.3, -0.25) is 5.10 Å². The third-order valence-corrected chi connectivity index (χ3v) is 2.77. The van der Waals surface area contributed by atoms with Crippen LogP contribution in [0, 0.1) is 5.92 Å². The second-order valence-corrected chi connectivity index (χ2v) is 3.67. The van der Waals surface area contributed by atoms with E-state index in [1.807, 2.05) is 0 Å². The minimum atomic E-state index is -0.487. The van der Waals surface area contributed by atoms with E-state index in [2.05, 4.69) is 24.0 Å². The number of nitrogens with one attached hydrogen (secondary N) is 1. The van der Waals surface area contributed by atoms with Gasteiger partial charge in [-0.05, 0) is 12.3 Å². The van der Waals surface area contributed by atoms with Crippen LogP contribution in [0.2, 0.25) is 0 Å². The lowest BCUT2D eigenvalue weighted by Crippen LogP contribution is -2.07. The number of aliphatic hydroxyl groups excluding tert-OH is 1. The maximum absolute atomic E-state index is 9.88. The average Bonchev–Trinajstić information content (AvgIpc) is 2.60. The molecule has 0 spiro atoms. The molecule has 14 heavy (non-hydrogen) atoms. The van der Waals surface area contributed by atoms with Crippen LogP contribution in [-0.4, -0.2) is 15.3 Å². The quantitative estimate of drug-likeness (QED) is 0.674. The highest BCUT2D eigenvalue weighted by atomic mass is 16.3. The molecule has 1 rings (SSSR count). The highest BCUT2D eigenvalue weighted by Crippen LogP contribution is 2.27. The molecule has 0 aliphatic carbocycles. The number of aromatic nitrogens is 2. The molecule has 0 bridgehead atoms. The summed E-state index contributed by atoms with van der Waals surface area (Å²) in [6, 6.07) is 0. The first-order valence-electron chi connectivity index (χ1n) is 5.15. The molecule has 0 radical (unpaired) electrons. The number of aliphatic hydroxyl groups is 1. The van der Waals surface area contributed by atoms with Crippen LogP contribution in [0.3, 0.4) is 0 Å². The Labute approximate surface area is 84.5 Å². The molecule has 0 amide bonds. The lowest BCUT2D eigenvalue weighted by Gasteiger charge is -2.16. The summed E-state index contributed by atoms with van der Waals surface area (Å²) in [4.78, 5) is 0. The van der Waals surface area contributed by atoms with Crippen molar-refractivity contribution in [2.24, 2.45) is 5.92 Å². The van der Waals surface area contributed by atoms with Crippen molar-refractivity contribution < 1.29 is 5.11 Å². The summed E-state index contributed by atoms with van der Waals surface area (Å²) in [5.74, 6) is 1.03. The minimum absolute atomic E-state index is 0.475. The lowest BCUT2D eigenvalue weighted by molar-refractivity contribution is 0.142. The van der Waals surface area contributed by atoms with E-state index in [9.17, 15) is 5.11 Å². The van der Waals surface area contributed by atoms with Crippen LogP contribution in [0.1, 0.15) is 44.8 Å². The van der Waals surface area contributed by atoms with Crippen LogP contribution in [0.15, 0.2) is 6.20 Å². The monoisotopic (exact) mass is 197 g/mol. The number of hydrogen-bond donors (Lipinski definition) is 3. The van der Waals surface area contributed by atoms with Gasteiger partial charge in [0.05, 0.1) is 12.3 Å². The van der Waals surface area contributed by atoms with Crippen molar-refractivity contribution in [2.45, 2.75) is 39.2 Å². The third-order valence-electron chi connectivity index (χ3n) is 2.77. The summed E-state index contributed by atoms with van der Waals surface area (Å²) in [6.45, 7) is 4.28. The average molecular weight is 197 g/mol. The molecule has 0 saturated carbocycles. The highest BCUT2D eigenvalue weighted by molar-refractivity contribution is 5.38. The highest BCUT2D eigenvalue weighted by Gasteiger charge is 2.16. The topological polar surface area (TPSA) is 74.9 Å². The Morgan fingerprint density at radius 1 is 1.50 bits per heavy atom. The van der Waals surface area contributed by atoms with E-state index in [0.29, 0.717) is 11.7 Å². The number of anilines is 1. The number of hydrogen-bond acceptors (Lipinski definition) is 3. The van der Waals surface area contributed by atoms with Crippen LogP contribution in [-0.2, 0) is 0 Å². The second-order valence-electron chi connectivity index (χ2n) is 3.67.